The van der Waals surface area contributed by atoms with E-state index in [1.165, 1.54) is 6.26 Å². The van der Waals surface area contributed by atoms with Gasteiger partial charge in [-0.15, -0.1) is 0 Å². The molecule has 16 heavy (non-hydrogen) atoms. The van der Waals surface area contributed by atoms with Gasteiger partial charge < -0.3 is 14.4 Å². The lowest BCUT2D eigenvalue weighted by atomic mass is 10.3. The molecule has 2 heterocycles. The smallest absolute Gasteiger partial charge is 0.297 e. The standard InChI is InChI=1S/C9H14N2O4S/c1-7-6-16(13,14)3-2-11(7)9-10-8(4-12)5-15-9/h5,7,12H,2-4,6H2,1H3. The maximum absolute atomic E-state index is 11.4. The molecule has 2 rings (SSSR count). The van der Waals surface area contributed by atoms with E-state index >= 15 is 0 Å². The Bertz CT molecular complexity index is 468. The number of hydrogen-bond donors (Lipinski definition) is 1. The van der Waals surface area contributed by atoms with Crippen molar-refractivity contribution < 1.29 is 17.9 Å². The van der Waals surface area contributed by atoms with Crippen LogP contribution in [-0.2, 0) is 16.4 Å². The predicted octanol–water partition coefficient (Wildman–Crippen LogP) is -0.210. The maximum Gasteiger partial charge on any atom is 0.297 e. The van der Waals surface area contributed by atoms with E-state index in [9.17, 15) is 8.42 Å². The summed E-state index contributed by atoms with van der Waals surface area (Å²) in [7, 11) is -2.93. The van der Waals surface area contributed by atoms with Crippen molar-refractivity contribution in [2.24, 2.45) is 0 Å². The lowest BCUT2D eigenvalue weighted by Gasteiger charge is -2.31. The van der Waals surface area contributed by atoms with Crippen molar-refractivity contribution in [1.29, 1.82) is 0 Å². The second-order valence-corrected chi connectivity index (χ2v) is 6.17. The molecule has 90 valence electrons. The molecule has 0 radical (unpaired) electrons. The molecule has 0 bridgehead atoms. The van der Waals surface area contributed by atoms with Gasteiger partial charge in [0.15, 0.2) is 9.84 Å². The monoisotopic (exact) mass is 246 g/mol. The number of sulfone groups is 1. The Hall–Kier alpha value is -1.08. The Morgan fingerprint density at radius 3 is 3.00 bits per heavy atom. The maximum atomic E-state index is 11.4. The topological polar surface area (TPSA) is 83.6 Å². The molecule has 0 aliphatic carbocycles. The first kappa shape index (κ1) is 11.4. The van der Waals surface area contributed by atoms with Crippen molar-refractivity contribution in [2.45, 2.75) is 19.6 Å². The van der Waals surface area contributed by atoms with Gasteiger partial charge in [0.25, 0.3) is 6.01 Å². The summed E-state index contributed by atoms with van der Waals surface area (Å²) < 4.78 is 28.0. The van der Waals surface area contributed by atoms with E-state index in [1.807, 2.05) is 6.92 Å². The van der Waals surface area contributed by atoms with Crippen LogP contribution in [0.4, 0.5) is 6.01 Å². The number of anilines is 1. The van der Waals surface area contributed by atoms with Gasteiger partial charge in [-0.05, 0) is 6.92 Å². The number of rotatable bonds is 2. The third kappa shape index (κ3) is 2.19. The second-order valence-electron chi connectivity index (χ2n) is 3.94. The van der Waals surface area contributed by atoms with E-state index in [-0.39, 0.29) is 24.2 Å². The molecule has 1 unspecified atom stereocenters. The zero-order valence-electron chi connectivity index (χ0n) is 8.96. The third-order valence-corrected chi connectivity index (χ3v) is 4.41. The summed E-state index contributed by atoms with van der Waals surface area (Å²) in [5, 5.41) is 8.86. The van der Waals surface area contributed by atoms with Crippen LogP contribution in [0, 0.1) is 0 Å². The first-order valence-electron chi connectivity index (χ1n) is 5.04. The molecule has 1 aliphatic heterocycles. The van der Waals surface area contributed by atoms with Crippen LogP contribution in [-0.4, -0.2) is 42.6 Å². The Morgan fingerprint density at radius 1 is 1.69 bits per heavy atom. The van der Waals surface area contributed by atoms with Crippen LogP contribution in [0.3, 0.4) is 0 Å². The van der Waals surface area contributed by atoms with E-state index in [2.05, 4.69) is 4.98 Å². The quantitative estimate of drug-likeness (QED) is 0.777. The van der Waals surface area contributed by atoms with Crippen LogP contribution in [0.1, 0.15) is 12.6 Å². The lowest BCUT2D eigenvalue weighted by Crippen LogP contribution is -2.47. The van der Waals surface area contributed by atoms with Gasteiger partial charge >= 0.3 is 0 Å². The first-order valence-corrected chi connectivity index (χ1v) is 6.86. The van der Waals surface area contributed by atoms with E-state index in [0.29, 0.717) is 18.3 Å². The van der Waals surface area contributed by atoms with E-state index < -0.39 is 9.84 Å². The molecule has 1 fully saturated rings. The predicted molar refractivity (Wildman–Crippen MR) is 57.9 cm³/mol. The van der Waals surface area contributed by atoms with Crippen LogP contribution in [0.2, 0.25) is 0 Å². The number of nitrogens with zero attached hydrogens (tertiary/aromatic N) is 2. The molecule has 1 aromatic rings. The summed E-state index contributed by atoms with van der Waals surface area (Å²) in [6, 6.07) is 0.232. The second kappa shape index (κ2) is 4.06. The van der Waals surface area contributed by atoms with Gasteiger partial charge in [0.05, 0.1) is 18.1 Å². The molecule has 1 atom stereocenters. The first-order chi connectivity index (χ1) is 7.52. The molecule has 7 heteroatoms. The number of oxazole rings is 1. The summed E-state index contributed by atoms with van der Waals surface area (Å²) in [6.07, 6.45) is 1.38. The average molecular weight is 246 g/mol. The highest BCUT2D eigenvalue weighted by Gasteiger charge is 2.30. The minimum Gasteiger partial charge on any atom is -0.432 e. The number of aliphatic hydroxyl groups is 1. The summed E-state index contributed by atoms with van der Waals surface area (Å²) >= 11 is 0. The summed E-state index contributed by atoms with van der Waals surface area (Å²) in [6.45, 7) is 2.03. The summed E-state index contributed by atoms with van der Waals surface area (Å²) in [4.78, 5) is 5.87. The fraction of sp³-hybridized carbons (Fsp3) is 0.667. The van der Waals surface area contributed by atoms with Crippen LogP contribution < -0.4 is 4.90 Å². The van der Waals surface area contributed by atoms with Gasteiger partial charge in [0.2, 0.25) is 0 Å². The van der Waals surface area contributed by atoms with Crippen LogP contribution in [0.15, 0.2) is 10.7 Å². The molecular formula is C9H14N2O4S. The van der Waals surface area contributed by atoms with Gasteiger partial charge in [0, 0.05) is 12.6 Å². The third-order valence-electron chi connectivity index (χ3n) is 2.62. The highest BCUT2D eigenvalue weighted by atomic mass is 32.2. The molecule has 1 N–H and O–H groups in total. The molecular weight excluding hydrogens is 232 g/mol. The molecule has 1 aromatic heterocycles. The minimum atomic E-state index is -2.93. The largest absolute Gasteiger partial charge is 0.432 e. The average Bonchev–Trinajstić information content (AvgIpc) is 2.64. The Morgan fingerprint density at radius 2 is 2.44 bits per heavy atom. The van der Waals surface area contributed by atoms with Crippen LogP contribution in [0.5, 0.6) is 0 Å². The van der Waals surface area contributed by atoms with Gasteiger partial charge in [-0.25, -0.2) is 8.42 Å². The van der Waals surface area contributed by atoms with Crippen molar-refractivity contribution in [2.75, 3.05) is 23.0 Å². The number of aliphatic hydroxyl groups excluding tert-OH is 1. The van der Waals surface area contributed by atoms with Crippen molar-refractivity contribution in [3.8, 4) is 0 Å². The van der Waals surface area contributed by atoms with Crippen molar-refractivity contribution in [3.63, 3.8) is 0 Å². The Labute approximate surface area is 93.8 Å². The Balaban J connectivity index is 2.17. The molecule has 1 saturated heterocycles. The van der Waals surface area contributed by atoms with Crippen molar-refractivity contribution in [1.82, 2.24) is 4.98 Å². The fourth-order valence-corrected chi connectivity index (χ4v) is 3.34. The minimum absolute atomic E-state index is 0.115. The number of hydrogen-bond acceptors (Lipinski definition) is 6. The Kier molecular flexibility index (Phi) is 2.90. The molecule has 0 amide bonds. The molecule has 0 saturated carbocycles. The van der Waals surface area contributed by atoms with Crippen molar-refractivity contribution in [3.05, 3.63) is 12.0 Å². The van der Waals surface area contributed by atoms with Crippen LogP contribution in [0.25, 0.3) is 0 Å². The van der Waals surface area contributed by atoms with E-state index in [4.69, 9.17) is 9.52 Å². The summed E-state index contributed by atoms with van der Waals surface area (Å²) in [5.41, 5.74) is 0.454. The highest BCUT2D eigenvalue weighted by Crippen LogP contribution is 2.20. The fourth-order valence-electron chi connectivity index (χ4n) is 1.78. The highest BCUT2D eigenvalue weighted by molar-refractivity contribution is 7.91. The normalized spacial score (nSPS) is 24.6. The summed E-state index contributed by atoms with van der Waals surface area (Å²) in [5.74, 6) is 0.234. The van der Waals surface area contributed by atoms with Gasteiger partial charge in [-0.2, -0.15) is 4.98 Å². The SMILES string of the molecule is CC1CS(=O)(=O)CCN1c1nc(CO)co1. The number of aromatic nitrogens is 1. The molecule has 1 aliphatic rings. The van der Waals surface area contributed by atoms with Crippen LogP contribution >= 0.6 is 0 Å². The van der Waals surface area contributed by atoms with Gasteiger partial charge in [-0.1, -0.05) is 0 Å². The zero-order valence-corrected chi connectivity index (χ0v) is 9.77. The van der Waals surface area contributed by atoms with E-state index in [1.54, 1.807) is 4.90 Å². The van der Waals surface area contributed by atoms with Gasteiger partial charge in [0.1, 0.15) is 12.0 Å². The molecule has 0 aromatic carbocycles. The van der Waals surface area contributed by atoms with E-state index in [0.717, 1.165) is 0 Å². The zero-order chi connectivity index (χ0) is 11.8. The molecule has 6 nitrogen and oxygen atoms in total. The van der Waals surface area contributed by atoms with Crippen molar-refractivity contribution >= 4 is 15.9 Å². The molecule has 0 spiro atoms. The lowest BCUT2D eigenvalue weighted by molar-refractivity contribution is 0.276. The van der Waals surface area contributed by atoms with Gasteiger partial charge in [-0.3, -0.25) is 0 Å².